The Hall–Kier alpha value is -3.63. The second-order valence-corrected chi connectivity index (χ2v) is 9.16. The van der Waals surface area contributed by atoms with Crippen LogP contribution in [-0.2, 0) is 9.59 Å². The number of aryl methyl sites for hydroxylation is 1. The number of fused-ring (bicyclic) bond motifs is 1. The second-order valence-electron chi connectivity index (χ2n) is 7.93. The van der Waals surface area contributed by atoms with Crippen LogP contribution >= 0.6 is 11.8 Å². The number of carbonyl (C=O) groups is 2. The summed E-state index contributed by atoms with van der Waals surface area (Å²) in [5, 5.41) is 11.6. The molecule has 1 aromatic heterocycles. The third kappa shape index (κ3) is 8.91. The number of benzene rings is 1. The minimum Gasteiger partial charge on any atom is -0.461 e. The summed E-state index contributed by atoms with van der Waals surface area (Å²) in [4.78, 5) is 31.5. The molecule has 2 aliphatic rings. The van der Waals surface area contributed by atoms with Gasteiger partial charge >= 0.3 is 0 Å². The lowest BCUT2D eigenvalue weighted by Crippen LogP contribution is -2.45. The number of carbonyl (C=O) groups excluding carboxylic acids is 2. The Balaban J connectivity index is 0.000000231. The fraction of sp³-hybridized carbons (Fsp3) is 0.440. The summed E-state index contributed by atoms with van der Waals surface area (Å²) in [6, 6.07) is 7.36. The number of thioether (sulfide) groups is 1. The minimum atomic E-state index is 0.0714. The maximum atomic E-state index is 12.0. The standard InChI is InChI=1S/C12H20N2O2S.C11H10N4O.C2H2/c15-11-4-2-1-3-5-14(11)10-12(16)13-6-8-17-9-7-13;1-7-4-8-5-9(2-3-10(8)16-7)15-11(13)14-6-12;1-2/h1-10H2;2-5H,1H3,(H3,13,14,15);1-2H. The summed E-state index contributed by atoms with van der Waals surface area (Å²) in [6.45, 7) is 4.61. The van der Waals surface area contributed by atoms with Gasteiger partial charge in [-0.25, -0.2) is 4.99 Å². The van der Waals surface area contributed by atoms with Gasteiger partial charge in [-0.3, -0.25) is 14.9 Å². The molecule has 0 aliphatic carbocycles. The van der Waals surface area contributed by atoms with E-state index in [0.29, 0.717) is 18.7 Å². The van der Waals surface area contributed by atoms with E-state index in [2.05, 4.69) is 23.2 Å². The number of terminal acetylenes is 1. The van der Waals surface area contributed by atoms with Crippen LogP contribution in [0.25, 0.3) is 11.0 Å². The van der Waals surface area contributed by atoms with E-state index in [1.165, 1.54) is 0 Å². The summed E-state index contributed by atoms with van der Waals surface area (Å²) in [6.07, 6.45) is 13.4. The molecular weight excluding hydrogens is 464 g/mol. The van der Waals surface area contributed by atoms with E-state index < -0.39 is 0 Å². The number of nitriles is 1. The zero-order chi connectivity index (χ0) is 25.6. The normalized spacial score (nSPS) is 16.2. The van der Waals surface area contributed by atoms with Gasteiger partial charge in [-0.15, -0.1) is 12.8 Å². The van der Waals surface area contributed by atoms with Crippen LogP contribution < -0.4 is 11.1 Å². The lowest BCUT2D eigenvalue weighted by molar-refractivity contribution is -0.140. The van der Waals surface area contributed by atoms with Gasteiger partial charge in [0.15, 0.2) is 6.19 Å². The highest BCUT2D eigenvalue weighted by Crippen LogP contribution is 2.24. The largest absolute Gasteiger partial charge is 0.461 e. The van der Waals surface area contributed by atoms with Gasteiger partial charge in [0.2, 0.25) is 17.8 Å². The van der Waals surface area contributed by atoms with E-state index in [1.807, 2.05) is 41.8 Å². The fourth-order valence-electron chi connectivity index (χ4n) is 3.74. The summed E-state index contributed by atoms with van der Waals surface area (Å²) < 4.78 is 5.43. The lowest BCUT2D eigenvalue weighted by atomic mass is 10.2. The van der Waals surface area contributed by atoms with Crippen LogP contribution in [0, 0.1) is 31.2 Å². The van der Waals surface area contributed by atoms with Gasteiger partial charge in [0.05, 0.1) is 12.2 Å². The summed E-state index contributed by atoms with van der Waals surface area (Å²) in [5.74, 6) is 3.25. The van der Waals surface area contributed by atoms with Crippen LogP contribution in [0.1, 0.15) is 31.4 Å². The number of nitrogens with two attached hydrogens (primary N) is 1. The third-order valence-corrected chi connectivity index (χ3v) is 6.36. The van der Waals surface area contributed by atoms with Gasteiger partial charge in [-0.05, 0) is 44.0 Å². The van der Waals surface area contributed by atoms with Crippen LogP contribution in [0.5, 0.6) is 0 Å². The number of amides is 2. The molecule has 0 bridgehead atoms. The van der Waals surface area contributed by atoms with Crippen molar-refractivity contribution in [1.82, 2.24) is 15.1 Å². The zero-order valence-electron chi connectivity index (χ0n) is 20.0. The summed E-state index contributed by atoms with van der Waals surface area (Å²) in [7, 11) is 0. The van der Waals surface area contributed by atoms with Gasteiger partial charge in [0.1, 0.15) is 11.3 Å². The fourth-order valence-corrected chi connectivity index (χ4v) is 4.64. The summed E-state index contributed by atoms with van der Waals surface area (Å²) in [5.41, 5.74) is 6.94. The molecule has 4 rings (SSSR count). The number of likely N-dealkylation sites (tertiary alicyclic amines) is 1. The SMILES string of the molecule is C#C.Cc1cc2cc(N=C(N)NC#N)ccc2o1.O=C(CN1CCCCCC1=O)N1CCSCC1. The second kappa shape index (κ2) is 14.6. The Morgan fingerprint density at radius 1 is 1.23 bits per heavy atom. The van der Waals surface area contributed by atoms with Gasteiger partial charge in [-0.2, -0.15) is 17.0 Å². The van der Waals surface area contributed by atoms with Crippen molar-refractivity contribution in [3.63, 3.8) is 0 Å². The van der Waals surface area contributed by atoms with Gasteiger partial charge in [0.25, 0.3) is 0 Å². The molecule has 0 radical (unpaired) electrons. The monoisotopic (exact) mass is 496 g/mol. The number of nitrogens with zero attached hydrogens (tertiary/aromatic N) is 4. The van der Waals surface area contributed by atoms with E-state index in [0.717, 1.165) is 67.1 Å². The molecule has 2 aliphatic heterocycles. The van der Waals surface area contributed by atoms with Crippen molar-refractivity contribution in [2.45, 2.75) is 32.6 Å². The van der Waals surface area contributed by atoms with E-state index in [4.69, 9.17) is 15.4 Å². The van der Waals surface area contributed by atoms with E-state index in [1.54, 1.807) is 17.2 Å². The topological polar surface area (TPSA) is 128 Å². The maximum Gasteiger partial charge on any atom is 0.242 e. The molecule has 1 aromatic carbocycles. The average molecular weight is 497 g/mol. The Morgan fingerprint density at radius 2 is 1.97 bits per heavy atom. The van der Waals surface area contributed by atoms with Crippen molar-refractivity contribution in [3.8, 4) is 19.0 Å². The molecule has 9 nitrogen and oxygen atoms in total. The molecule has 2 fully saturated rings. The molecule has 0 atom stereocenters. The molecular formula is C25H32N6O3S. The first-order valence-corrected chi connectivity index (χ1v) is 12.6. The molecule has 2 saturated heterocycles. The number of rotatable bonds is 3. The van der Waals surface area contributed by atoms with E-state index in [-0.39, 0.29) is 17.8 Å². The van der Waals surface area contributed by atoms with E-state index >= 15 is 0 Å². The van der Waals surface area contributed by atoms with Crippen molar-refractivity contribution >= 4 is 46.2 Å². The molecule has 10 heteroatoms. The Kier molecular flexibility index (Phi) is 11.5. The first-order valence-electron chi connectivity index (χ1n) is 11.4. The van der Waals surface area contributed by atoms with E-state index in [9.17, 15) is 9.59 Å². The molecule has 3 N–H and O–H groups in total. The van der Waals surface area contributed by atoms with Crippen molar-refractivity contribution in [1.29, 1.82) is 5.26 Å². The molecule has 186 valence electrons. The number of aliphatic imine (C=N–C) groups is 1. The van der Waals surface area contributed by atoms with Gasteiger partial charge in [0, 0.05) is 42.9 Å². The van der Waals surface area contributed by atoms with Gasteiger partial charge < -0.3 is 20.0 Å². The molecule has 0 saturated carbocycles. The van der Waals surface area contributed by atoms with Crippen LogP contribution in [0.15, 0.2) is 33.7 Å². The highest BCUT2D eigenvalue weighted by molar-refractivity contribution is 7.99. The molecule has 35 heavy (non-hydrogen) atoms. The Labute approximate surface area is 210 Å². The van der Waals surface area contributed by atoms with Crippen LogP contribution in [0.2, 0.25) is 0 Å². The quantitative estimate of drug-likeness (QED) is 0.220. The predicted molar refractivity (Wildman–Crippen MR) is 140 cm³/mol. The Morgan fingerprint density at radius 3 is 2.69 bits per heavy atom. The predicted octanol–water partition coefficient (Wildman–Crippen LogP) is 2.97. The van der Waals surface area contributed by atoms with Crippen molar-refractivity contribution in [2.75, 3.05) is 37.7 Å². The molecule has 0 spiro atoms. The number of hydrogen-bond donors (Lipinski definition) is 2. The molecule has 3 heterocycles. The van der Waals surface area contributed by atoms with Gasteiger partial charge in [-0.1, -0.05) is 6.42 Å². The van der Waals surface area contributed by atoms with Crippen LogP contribution in [0.4, 0.5) is 5.69 Å². The van der Waals surface area contributed by atoms with Crippen molar-refractivity contribution < 1.29 is 14.0 Å². The highest BCUT2D eigenvalue weighted by atomic mass is 32.2. The van der Waals surface area contributed by atoms with Crippen molar-refractivity contribution in [2.24, 2.45) is 10.7 Å². The maximum absolute atomic E-state index is 12.0. The van der Waals surface area contributed by atoms with Crippen LogP contribution in [0.3, 0.4) is 0 Å². The molecule has 2 amide bonds. The summed E-state index contributed by atoms with van der Waals surface area (Å²) >= 11 is 1.89. The minimum absolute atomic E-state index is 0.0714. The lowest BCUT2D eigenvalue weighted by Gasteiger charge is -2.29. The number of nitrogens with one attached hydrogen (secondary N) is 1. The van der Waals surface area contributed by atoms with Crippen molar-refractivity contribution in [3.05, 3.63) is 30.0 Å². The Bertz CT molecular complexity index is 1080. The number of guanidine groups is 1. The first kappa shape index (κ1) is 27.6. The first-order chi connectivity index (χ1) is 17.0. The third-order valence-electron chi connectivity index (χ3n) is 5.42. The van der Waals surface area contributed by atoms with Crippen LogP contribution in [-0.4, -0.2) is 65.3 Å². The molecule has 2 aromatic rings. The average Bonchev–Trinajstić information content (AvgIpc) is 3.12. The molecule has 0 unspecified atom stereocenters. The zero-order valence-corrected chi connectivity index (χ0v) is 20.9. The smallest absolute Gasteiger partial charge is 0.242 e. The number of furan rings is 1. The highest BCUT2D eigenvalue weighted by Gasteiger charge is 2.23. The number of hydrogen-bond acceptors (Lipinski definition) is 6.